The molecule has 0 saturated heterocycles. The molecule has 0 fully saturated rings. The second kappa shape index (κ2) is 9.06. The third-order valence-corrected chi connectivity index (χ3v) is 2.06. The number of nitrogens with zero attached hydrogens (tertiary/aromatic N) is 1. The zero-order valence-electron chi connectivity index (χ0n) is 9.94. The summed E-state index contributed by atoms with van der Waals surface area (Å²) in [5.74, 6) is 0. The maximum absolute atomic E-state index is 9.60. The van der Waals surface area contributed by atoms with Crippen LogP contribution in [0.25, 0.3) is 0 Å². The van der Waals surface area contributed by atoms with Gasteiger partial charge in [-0.25, -0.2) is 0 Å². The molecule has 0 spiro atoms. The lowest BCUT2D eigenvalue weighted by Crippen LogP contribution is -2.42. The molecule has 15 heavy (non-hydrogen) atoms. The van der Waals surface area contributed by atoms with Crippen LogP contribution in [0.2, 0.25) is 0 Å². The summed E-state index contributed by atoms with van der Waals surface area (Å²) in [6.07, 6.45) is 0.251. The van der Waals surface area contributed by atoms with Crippen molar-refractivity contribution >= 4 is 0 Å². The van der Waals surface area contributed by atoms with Gasteiger partial charge in [0.1, 0.15) is 0 Å². The van der Waals surface area contributed by atoms with Gasteiger partial charge in [0, 0.05) is 32.8 Å². The fourth-order valence-electron chi connectivity index (χ4n) is 1.39. The largest absolute Gasteiger partial charge is 0.396 e. The molecule has 0 aliphatic carbocycles. The molecule has 0 radical (unpaired) electrons. The van der Waals surface area contributed by atoms with Crippen molar-refractivity contribution in [3.05, 3.63) is 0 Å². The Morgan fingerprint density at radius 3 is 2.53 bits per heavy atom. The van der Waals surface area contributed by atoms with Crippen LogP contribution < -0.4 is 5.32 Å². The number of methoxy groups -OCH3 is 1. The van der Waals surface area contributed by atoms with E-state index in [0.29, 0.717) is 26.1 Å². The lowest BCUT2D eigenvalue weighted by Gasteiger charge is -2.21. The van der Waals surface area contributed by atoms with E-state index in [-0.39, 0.29) is 12.6 Å². The van der Waals surface area contributed by atoms with Crippen LogP contribution in [0, 0.1) is 0 Å². The van der Waals surface area contributed by atoms with Crippen LogP contribution in [0.5, 0.6) is 0 Å². The third kappa shape index (κ3) is 8.77. The Labute approximate surface area is 92.0 Å². The van der Waals surface area contributed by atoms with Crippen LogP contribution in [-0.2, 0) is 4.74 Å². The van der Waals surface area contributed by atoms with Gasteiger partial charge in [-0.2, -0.15) is 0 Å². The summed E-state index contributed by atoms with van der Waals surface area (Å²) in [7, 11) is 5.47. The minimum Gasteiger partial charge on any atom is -0.396 e. The summed E-state index contributed by atoms with van der Waals surface area (Å²) in [4.78, 5) is 1.93. The first-order valence-corrected chi connectivity index (χ1v) is 5.26. The normalized spacial score (nSPS) is 15.6. The van der Waals surface area contributed by atoms with Gasteiger partial charge in [-0.3, -0.25) is 0 Å². The highest BCUT2D eigenvalue weighted by molar-refractivity contribution is 4.70. The summed E-state index contributed by atoms with van der Waals surface area (Å²) in [5.41, 5.74) is 0. The lowest BCUT2D eigenvalue weighted by molar-refractivity contribution is 0.111. The van der Waals surface area contributed by atoms with E-state index in [1.54, 1.807) is 7.11 Å². The second-order valence-corrected chi connectivity index (χ2v) is 3.99. The quantitative estimate of drug-likeness (QED) is 0.460. The number of nitrogens with one attached hydrogen (secondary N) is 1. The van der Waals surface area contributed by atoms with Crippen molar-refractivity contribution in [2.24, 2.45) is 0 Å². The van der Waals surface area contributed by atoms with Gasteiger partial charge in [-0.15, -0.1) is 0 Å². The van der Waals surface area contributed by atoms with Crippen LogP contribution in [0.1, 0.15) is 6.42 Å². The molecule has 5 nitrogen and oxygen atoms in total. The van der Waals surface area contributed by atoms with Crippen LogP contribution in [0.15, 0.2) is 0 Å². The SMILES string of the molecule is COCC(CCO)NCC(O)CN(C)C. The molecule has 0 aromatic rings. The van der Waals surface area contributed by atoms with Crippen molar-refractivity contribution in [1.82, 2.24) is 10.2 Å². The number of likely N-dealkylation sites (N-methyl/N-ethyl adjacent to an activating group) is 1. The summed E-state index contributed by atoms with van der Waals surface area (Å²) >= 11 is 0. The van der Waals surface area contributed by atoms with Gasteiger partial charge in [0.2, 0.25) is 0 Å². The van der Waals surface area contributed by atoms with Crippen molar-refractivity contribution in [2.75, 3.05) is 47.5 Å². The van der Waals surface area contributed by atoms with E-state index in [1.165, 1.54) is 0 Å². The molecule has 0 rings (SSSR count). The zero-order chi connectivity index (χ0) is 11.7. The number of rotatable bonds is 9. The Kier molecular flexibility index (Phi) is 8.94. The predicted molar refractivity (Wildman–Crippen MR) is 59.9 cm³/mol. The maximum Gasteiger partial charge on any atom is 0.0791 e. The minimum absolute atomic E-state index is 0.108. The molecule has 0 bridgehead atoms. The first-order valence-electron chi connectivity index (χ1n) is 5.26. The van der Waals surface area contributed by atoms with Gasteiger partial charge in [0.25, 0.3) is 0 Å². The van der Waals surface area contributed by atoms with E-state index in [4.69, 9.17) is 9.84 Å². The Hall–Kier alpha value is -0.200. The molecule has 0 saturated carbocycles. The summed E-state index contributed by atoms with van der Waals surface area (Å²) in [6.45, 7) is 1.83. The Morgan fingerprint density at radius 2 is 2.07 bits per heavy atom. The van der Waals surface area contributed by atoms with Gasteiger partial charge in [0.05, 0.1) is 12.7 Å². The average Bonchev–Trinajstić information content (AvgIpc) is 2.14. The van der Waals surface area contributed by atoms with Crippen LogP contribution in [-0.4, -0.2) is 74.8 Å². The Morgan fingerprint density at radius 1 is 1.40 bits per heavy atom. The molecule has 2 unspecified atom stereocenters. The van der Waals surface area contributed by atoms with Gasteiger partial charge in [-0.1, -0.05) is 0 Å². The fourth-order valence-corrected chi connectivity index (χ4v) is 1.39. The highest BCUT2D eigenvalue weighted by Gasteiger charge is 2.10. The lowest BCUT2D eigenvalue weighted by atomic mass is 10.2. The van der Waals surface area contributed by atoms with Gasteiger partial charge < -0.3 is 25.2 Å². The number of aliphatic hydroxyl groups is 2. The van der Waals surface area contributed by atoms with Gasteiger partial charge >= 0.3 is 0 Å². The smallest absolute Gasteiger partial charge is 0.0791 e. The van der Waals surface area contributed by atoms with E-state index in [9.17, 15) is 5.11 Å². The molecular formula is C10H24N2O3. The van der Waals surface area contributed by atoms with Crippen LogP contribution in [0.4, 0.5) is 0 Å². The first-order chi connectivity index (χ1) is 7.10. The van der Waals surface area contributed by atoms with Crippen LogP contribution in [0.3, 0.4) is 0 Å². The van der Waals surface area contributed by atoms with Crippen molar-refractivity contribution in [2.45, 2.75) is 18.6 Å². The first kappa shape index (κ1) is 14.8. The molecule has 3 N–H and O–H groups in total. The Balaban J connectivity index is 3.67. The summed E-state index contributed by atoms with van der Waals surface area (Å²) < 4.78 is 5.00. The molecule has 0 aliphatic heterocycles. The molecule has 5 heteroatoms. The van der Waals surface area contributed by atoms with Crippen molar-refractivity contribution < 1.29 is 14.9 Å². The molecular weight excluding hydrogens is 196 g/mol. The predicted octanol–water partition coefficient (Wildman–Crippen LogP) is -1.10. The molecule has 92 valence electrons. The topological polar surface area (TPSA) is 65.0 Å². The molecule has 2 atom stereocenters. The number of aliphatic hydroxyl groups excluding tert-OH is 2. The van der Waals surface area contributed by atoms with Gasteiger partial charge in [-0.05, 0) is 20.5 Å². The average molecular weight is 220 g/mol. The van der Waals surface area contributed by atoms with Crippen molar-refractivity contribution in [1.29, 1.82) is 0 Å². The fraction of sp³-hybridized carbons (Fsp3) is 1.00. The van der Waals surface area contributed by atoms with Gasteiger partial charge in [0.15, 0.2) is 0 Å². The highest BCUT2D eigenvalue weighted by atomic mass is 16.5. The standard InChI is InChI=1S/C10H24N2O3/c1-12(2)7-10(14)6-11-9(4-5-13)8-15-3/h9-11,13-14H,4-8H2,1-3H3. The summed E-state index contributed by atoms with van der Waals surface area (Å²) in [5, 5.41) is 21.6. The Bertz CT molecular complexity index is 139. The van der Waals surface area contributed by atoms with E-state index in [1.807, 2.05) is 19.0 Å². The molecule has 0 heterocycles. The monoisotopic (exact) mass is 220 g/mol. The number of hydrogen-bond donors (Lipinski definition) is 3. The zero-order valence-corrected chi connectivity index (χ0v) is 9.94. The van der Waals surface area contributed by atoms with E-state index in [2.05, 4.69) is 5.32 Å². The van der Waals surface area contributed by atoms with Crippen molar-refractivity contribution in [3.63, 3.8) is 0 Å². The molecule has 0 amide bonds. The summed E-state index contributed by atoms with van der Waals surface area (Å²) in [6, 6.07) is 0.108. The molecule has 0 aromatic carbocycles. The highest BCUT2D eigenvalue weighted by Crippen LogP contribution is 1.93. The molecule has 0 aliphatic rings. The second-order valence-electron chi connectivity index (χ2n) is 3.99. The number of hydrogen-bond acceptors (Lipinski definition) is 5. The van der Waals surface area contributed by atoms with E-state index in [0.717, 1.165) is 0 Å². The number of ether oxygens (including phenoxy) is 1. The van der Waals surface area contributed by atoms with Crippen LogP contribution >= 0.6 is 0 Å². The van der Waals surface area contributed by atoms with Crippen molar-refractivity contribution in [3.8, 4) is 0 Å². The van der Waals surface area contributed by atoms with E-state index >= 15 is 0 Å². The third-order valence-electron chi connectivity index (χ3n) is 2.06. The maximum atomic E-state index is 9.60. The minimum atomic E-state index is -0.391. The molecule has 0 aromatic heterocycles. The van der Waals surface area contributed by atoms with E-state index < -0.39 is 6.10 Å².